The summed E-state index contributed by atoms with van der Waals surface area (Å²) in [5.41, 5.74) is 2.62. The number of fused-ring (bicyclic) bond motifs is 1. The van der Waals surface area contributed by atoms with E-state index >= 15 is 0 Å². The maximum Gasteiger partial charge on any atom is 0.323 e. The number of hydrogen-bond acceptors (Lipinski definition) is 2. The molecule has 0 aliphatic carbocycles. The highest BCUT2D eigenvalue weighted by atomic mass is 35.5. The molecule has 1 heterocycles. The Morgan fingerprint density at radius 2 is 1.90 bits per heavy atom. The fourth-order valence-electron chi connectivity index (χ4n) is 2.15. The van der Waals surface area contributed by atoms with Crippen molar-refractivity contribution < 1.29 is 4.79 Å². The average molecular weight is 302 g/mol. The van der Waals surface area contributed by atoms with Gasteiger partial charge in [0.15, 0.2) is 0 Å². The molecule has 0 bridgehead atoms. The summed E-state index contributed by atoms with van der Waals surface area (Å²) in [7, 11) is 0. The fourth-order valence-corrected chi connectivity index (χ4v) is 2.34. The molecule has 0 saturated heterocycles. The molecule has 21 heavy (non-hydrogen) atoms. The molecule has 0 aliphatic rings. The number of hydrogen-bond donors (Lipinski definition) is 3. The third kappa shape index (κ3) is 3.14. The lowest BCUT2D eigenvalue weighted by atomic mass is 10.1. The lowest BCUT2D eigenvalue weighted by molar-refractivity contribution is -0.115. The number of benzene rings is 2. The average Bonchev–Trinajstić information content (AvgIpc) is 2.78. The Morgan fingerprint density at radius 3 is 2.71 bits per heavy atom. The van der Waals surface area contributed by atoms with E-state index in [2.05, 4.69) is 15.3 Å². The third-order valence-electron chi connectivity index (χ3n) is 3.05. The molecule has 6 heteroatoms. The number of halogens is 1. The van der Waals surface area contributed by atoms with Crippen LogP contribution in [0.15, 0.2) is 47.3 Å². The quantitative estimate of drug-likeness (QED) is 0.695. The van der Waals surface area contributed by atoms with E-state index < -0.39 is 0 Å². The van der Waals surface area contributed by atoms with Crippen molar-refractivity contribution >= 4 is 34.2 Å². The summed E-state index contributed by atoms with van der Waals surface area (Å²) >= 11 is 5.87. The van der Waals surface area contributed by atoms with Gasteiger partial charge in [-0.15, -0.1) is 0 Å². The number of carbonyl (C=O) groups excluding carboxylic acids is 1. The summed E-state index contributed by atoms with van der Waals surface area (Å²) in [6.07, 6.45) is 0.218. The molecule has 0 aliphatic heterocycles. The van der Waals surface area contributed by atoms with E-state index in [-0.39, 0.29) is 18.0 Å². The topological polar surface area (TPSA) is 77.8 Å². The van der Waals surface area contributed by atoms with Crippen LogP contribution in [0.25, 0.3) is 11.0 Å². The predicted octanol–water partition coefficient (Wildman–Crippen LogP) is 2.69. The Hall–Kier alpha value is -2.53. The Bertz CT molecular complexity index is 866. The zero-order valence-electron chi connectivity index (χ0n) is 10.9. The number of imidazole rings is 1. The highest BCUT2D eigenvalue weighted by Crippen LogP contribution is 2.16. The minimum atomic E-state index is -0.259. The van der Waals surface area contributed by atoms with Crippen molar-refractivity contribution in [3.8, 4) is 0 Å². The summed E-state index contributed by atoms with van der Waals surface area (Å²) in [5, 5.41) is 3.35. The first kappa shape index (κ1) is 13.5. The molecule has 0 radical (unpaired) electrons. The van der Waals surface area contributed by atoms with E-state index in [0.29, 0.717) is 16.2 Å². The van der Waals surface area contributed by atoms with Gasteiger partial charge in [-0.05, 0) is 35.9 Å². The predicted molar refractivity (Wildman–Crippen MR) is 82.7 cm³/mol. The minimum absolute atomic E-state index is 0.144. The van der Waals surface area contributed by atoms with Crippen LogP contribution in [0.3, 0.4) is 0 Å². The third-order valence-corrected chi connectivity index (χ3v) is 3.29. The van der Waals surface area contributed by atoms with Crippen molar-refractivity contribution in [3.63, 3.8) is 0 Å². The zero-order chi connectivity index (χ0) is 14.8. The molecule has 3 aromatic rings. The highest BCUT2D eigenvalue weighted by molar-refractivity contribution is 6.30. The number of carbonyl (C=O) groups is 1. The maximum atomic E-state index is 12.0. The van der Waals surface area contributed by atoms with E-state index in [9.17, 15) is 9.59 Å². The molecule has 0 spiro atoms. The Kier molecular flexibility index (Phi) is 3.50. The first-order chi connectivity index (χ1) is 10.1. The molecular formula is C15H12ClN3O2. The Labute approximate surface area is 125 Å². The van der Waals surface area contributed by atoms with Gasteiger partial charge in [-0.1, -0.05) is 23.7 Å². The standard InChI is InChI=1S/C15H12ClN3O2/c16-10-2-1-3-11(8-10)17-14(20)7-9-4-5-12-13(6-9)19-15(21)18-12/h1-6,8H,7H2,(H,17,20)(H2,18,19,21). The lowest BCUT2D eigenvalue weighted by Gasteiger charge is -2.05. The second kappa shape index (κ2) is 5.46. The molecular weight excluding hydrogens is 290 g/mol. The Morgan fingerprint density at radius 1 is 1.10 bits per heavy atom. The minimum Gasteiger partial charge on any atom is -0.326 e. The second-order valence-corrected chi connectivity index (χ2v) is 5.13. The first-order valence-corrected chi connectivity index (χ1v) is 6.74. The normalized spacial score (nSPS) is 10.7. The van der Waals surface area contributed by atoms with Gasteiger partial charge in [0.25, 0.3) is 0 Å². The molecule has 1 aromatic heterocycles. The molecule has 0 unspecified atom stereocenters. The lowest BCUT2D eigenvalue weighted by Crippen LogP contribution is -2.14. The molecule has 5 nitrogen and oxygen atoms in total. The number of nitrogens with one attached hydrogen (secondary N) is 3. The van der Waals surface area contributed by atoms with Gasteiger partial charge in [0.05, 0.1) is 17.5 Å². The summed E-state index contributed by atoms with van der Waals surface area (Å²) in [6, 6.07) is 12.3. The van der Waals surface area contributed by atoms with E-state index in [0.717, 1.165) is 11.1 Å². The van der Waals surface area contributed by atoms with Gasteiger partial charge in [0.2, 0.25) is 5.91 Å². The largest absolute Gasteiger partial charge is 0.326 e. The zero-order valence-corrected chi connectivity index (χ0v) is 11.7. The molecule has 2 aromatic carbocycles. The van der Waals surface area contributed by atoms with Crippen LogP contribution in [0, 0.1) is 0 Å². The van der Waals surface area contributed by atoms with Crippen molar-refractivity contribution in [3.05, 3.63) is 63.5 Å². The van der Waals surface area contributed by atoms with Crippen LogP contribution in [0.1, 0.15) is 5.56 Å². The summed E-state index contributed by atoms with van der Waals surface area (Å²) in [5.74, 6) is -0.144. The molecule has 0 fully saturated rings. The van der Waals surface area contributed by atoms with Gasteiger partial charge in [-0.3, -0.25) is 4.79 Å². The van der Waals surface area contributed by atoms with Crippen LogP contribution in [-0.4, -0.2) is 15.9 Å². The number of aromatic nitrogens is 2. The molecule has 0 saturated carbocycles. The second-order valence-electron chi connectivity index (χ2n) is 4.69. The van der Waals surface area contributed by atoms with E-state index in [1.807, 2.05) is 6.07 Å². The number of aromatic amines is 2. The summed E-state index contributed by atoms with van der Waals surface area (Å²) in [6.45, 7) is 0. The number of rotatable bonds is 3. The van der Waals surface area contributed by atoms with Gasteiger partial charge < -0.3 is 15.3 Å². The van der Waals surface area contributed by atoms with Crippen LogP contribution in [0.4, 0.5) is 5.69 Å². The molecule has 3 rings (SSSR count). The molecule has 0 atom stereocenters. The monoisotopic (exact) mass is 301 g/mol. The van der Waals surface area contributed by atoms with E-state index in [1.165, 1.54) is 0 Å². The van der Waals surface area contributed by atoms with Crippen LogP contribution < -0.4 is 11.0 Å². The Balaban J connectivity index is 1.75. The van der Waals surface area contributed by atoms with Crippen molar-refractivity contribution in [1.82, 2.24) is 9.97 Å². The summed E-state index contributed by atoms with van der Waals surface area (Å²) in [4.78, 5) is 28.5. The van der Waals surface area contributed by atoms with Gasteiger partial charge in [0.1, 0.15) is 0 Å². The maximum absolute atomic E-state index is 12.0. The fraction of sp³-hybridized carbons (Fsp3) is 0.0667. The van der Waals surface area contributed by atoms with Crippen LogP contribution in [0.5, 0.6) is 0 Å². The SMILES string of the molecule is O=C(Cc1ccc2[nH]c(=O)[nH]c2c1)Nc1cccc(Cl)c1. The number of amides is 1. The molecule has 106 valence electrons. The van der Waals surface area contributed by atoms with Gasteiger partial charge in [-0.25, -0.2) is 4.79 Å². The smallest absolute Gasteiger partial charge is 0.323 e. The highest BCUT2D eigenvalue weighted by Gasteiger charge is 2.06. The van der Waals surface area contributed by atoms with Gasteiger partial charge in [-0.2, -0.15) is 0 Å². The van der Waals surface area contributed by atoms with Crippen molar-refractivity contribution in [1.29, 1.82) is 0 Å². The summed E-state index contributed by atoms with van der Waals surface area (Å²) < 4.78 is 0. The number of H-pyrrole nitrogens is 2. The van der Waals surface area contributed by atoms with Gasteiger partial charge in [0, 0.05) is 10.7 Å². The van der Waals surface area contributed by atoms with E-state index in [1.54, 1.807) is 36.4 Å². The van der Waals surface area contributed by atoms with Crippen molar-refractivity contribution in [2.75, 3.05) is 5.32 Å². The van der Waals surface area contributed by atoms with Crippen LogP contribution in [0.2, 0.25) is 5.02 Å². The molecule has 1 amide bonds. The molecule has 3 N–H and O–H groups in total. The van der Waals surface area contributed by atoms with Crippen molar-refractivity contribution in [2.45, 2.75) is 6.42 Å². The van der Waals surface area contributed by atoms with Crippen molar-refractivity contribution in [2.24, 2.45) is 0 Å². The van der Waals surface area contributed by atoms with Crippen LogP contribution >= 0.6 is 11.6 Å². The first-order valence-electron chi connectivity index (χ1n) is 6.36. The number of anilines is 1. The van der Waals surface area contributed by atoms with Gasteiger partial charge >= 0.3 is 5.69 Å². The van der Waals surface area contributed by atoms with E-state index in [4.69, 9.17) is 11.6 Å². The van der Waals surface area contributed by atoms with Crippen LogP contribution in [-0.2, 0) is 11.2 Å².